The maximum atomic E-state index is 12.5. The van der Waals surface area contributed by atoms with Gasteiger partial charge in [-0.15, -0.1) is 0 Å². The van der Waals surface area contributed by atoms with Gasteiger partial charge in [-0.1, -0.05) is 6.07 Å². The fraction of sp³-hybridized carbons (Fsp3) is 0.280. The van der Waals surface area contributed by atoms with E-state index in [0.717, 1.165) is 0 Å². The predicted molar refractivity (Wildman–Crippen MR) is 150 cm³/mol. The van der Waals surface area contributed by atoms with Crippen LogP contribution in [0, 0.1) is 13.7 Å². The van der Waals surface area contributed by atoms with Crippen LogP contribution in [0.15, 0.2) is 46.7 Å². The van der Waals surface area contributed by atoms with Gasteiger partial charge in [-0.3, -0.25) is 14.9 Å². The number of rotatable bonds is 11. The first kappa shape index (κ1) is 30.1. The molecule has 0 fully saturated rings. The van der Waals surface area contributed by atoms with Crippen LogP contribution in [-0.4, -0.2) is 56.5 Å². The summed E-state index contributed by atoms with van der Waals surface area (Å²) in [6, 6.07) is 6.33. The highest BCUT2D eigenvalue weighted by molar-refractivity contribution is 14.1. The van der Waals surface area contributed by atoms with Crippen LogP contribution in [0.4, 0.5) is 10.5 Å². The van der Waals surface area contributed by atoms with Gasteiger partial charge in [0, 0.05) is 17.3 Å². The molecule has 2 aromatic carbocycles. The fourth-order valence-corrected chi connectivity index (χ4v) is 4.63. The molecule has 2 aromatic rings. The third-order valence-electron chi connectivity index (χ3n) is 5.49. The van der Waals surface area contributed by atoms with Crippen LogP contribution >= 0.6 is 22.6 Å². The number of nitro groups is 1. The van der Waals surface area contributed by atoms with Crippen molar-refractivity contribution in [2.45, 2.75) is 19.9 Å². The Balaban J connectivity index is 1.69. The number of urea groups is 1. The Bertz CT molecular complexity index is 1390. The van der Waals surface area contributed by atoms with Gasteiger partial charge in [0.1, 0.15) is 0 Å². The van der Waals surface area contributed by atoms with Gasteiger partial charge in [0.15, 0.2) is 18.1 Å². The first-order valence-corrected chi connectivity index (χ1v) is 12.8. The lowest BCUT2D eigenvalue weighted by molar-refractivity contribution is -0.385. The number of carbonyl (C=O) groups excluding carboxylic acids is 3. The van der Waals surface area contributed by atoms with E-state index in [2.05, 4.69) is 21.2 Å². The molecule has 1 aliphatic rings. The van der Waals surface area contributed by atoms with Crippen molar-refractivity contribution in [2.24, 2.45) is 5.10 Å². The number of nitro benzene ring substituents is 1. The second-order valence-corrected chi connectivity index (χ2v) is 9.26. The summed E-state index contributed by atoms with van der Waals surface area (Å²) in [6.07, 6.45) is 1.26. The van der Waals surface area contributed by atoms with Crippen LogP contribution in [0.25, 0.3) is 0 Å². The monoisotopic (exact) mass is 667 g/mol. The number of nitrogens with one attached hydrogen (secondary N) is 3. The zero-order valence-electron chi connectivity index (χ0n) is 21.9. The van der Waals surface area contributed by atoms with Crippen molar-refractivity contribution in [2.75, 3.05) is 27.4 Å². The Morgan fingerprint density at radius 2 is 1.95 bits per heavy atom. The van der Waals surface area contributed by atoms with Crippen molar-refractivity contribution in [3.05, 3.63) is 66.4 Å². The summed E-state index contributed by atoms with van der Waals surface area (Å²) in [7, 11) is 2.74. The Labute approximate surface area is 242 Å². The Morgan fingerprint density at radius 3 is 2.60 bits per heavy atom. The molecule has 0 radical (unpaired) electrons. The highest BCUT2D eigenvalue weighted by Gasteiger charge is 2.32. The number of hydrogen-bond acceptors (Lipinski definition) is 10. The smallest absolute Gasteiger partial charge is 0.338 e. The molecule has 0 spiro atoms. The summed E-state index contributed by atoms with van der Waals surface area (Å²) in [5.74, 6) is -0.570. The van der Waals surface area contributed by atoms with Crippen LogP contribution in [0.1, 0.15) is 31.0 Å². The number of esters is 1. The lowest BCUT2D eigenvalue weighted by Gasteiger charge is -2.28. The average Bonchev–Trinajstić information content (AvgIpc) is 2.91. The fourth-order valence-electron chi connectivity index (χ4n) is 3.77. The Morgan fingerprint density at radius 1 is 1.20 bits per heavy atom. The van der Waals surface area contributed by atoms with Crippen molar-refractivity contribution in [3.63, 3.8) is 0 Å². The summed E-state index contributed by atoms with van der Waals surface area (Å²) in [6.45, 7) is 3.02. The number of allylic oxidation sites excluding steroid dienone is 1. The minimum Gasteiger partial charge on any atom is -0.493 e. The van der Waals surface area contributed by atoms with E-state index >= 15 is 0 Å². The second-order valence-electron chi connectivity index (χ2n) is 8.09. The zero-order chi connectivity index (χ0) is 29.4. The van der Waals surface area contributed by atoms with E-state index in [1.807, 2.05) is 22.6 Å². The van der Waals surface area contributed by atoms with E-state index in [1.54, 1.807) is 32.0 Å². The lowest BCUT2D eigenvalue weighted by Crippen LogP contribution is -2.45. The topological polar surface area (TPSA) is 180 Å². The number of nitrogens with zero attached hydrogens (tertiary/aromatic N) is 2. The molecule has 0 aromatic heterocycles. The maximum Gasteiger partial charge on any atom is 0.338 e. The summed E-state index contributed by atoms with van der Waals surface area (Å²) >= 11 is 1.90. The molecule has 1 heterocycles. The average molecular weight is 667 g/mol. The molecule has 3 amide bonds. The highest BCUT2D eigenvalue weighted by atomic mass is 127. The maximum absolute atomic E-state index is 12.5. The van der Waals surface area contributed by atoms with Crippen molar-refractivity contribution in [1.82, 2.24) is 16.1 Å². The molecular formula is C25H26IN5O9. The highest BCUT2D eigenvalue weighted by Crippen LogP contribution is 2.35. The number of ether oxygens (including phenoxy) is 4. The van der Waals surface area contributed by atoms with Gasteiger partial charge in [0.05, 0.1) is 47.1 Å². The molecule has 0 saturated carbocycles. The number of benzene rings is 2. The summed E-state index contributed by atoms with van der Waals surface area (Å²) < 4.78 is 21.7. The standard InChI is InChI=1S/C25H26IN5O9/c1-5-39-24(33)21-13(2)28-25(34)29-22(21)15-6-7-18(19(10-15)37-3)40-12-20(32)30-27-11-14-8-16(26)23(38-4)17(9-14)31(35)36/h6-11,22H,5,12H2,1-4H3,(H,30,32)(H2,28,29,34)/b27-11-/t22-/m1/s1. The molecule has 3 rings (SSSR count). The Hall–Kier alpha value is -4.41. The summed E-state index contributed by atoms with van der Waals surface area (Å²) in [5.41, 5.74) is 3.57. The largest absolute Gasteiger partial charge is 0.493 e. The number of hydrogen-bond donors (Lipinski definition) is 3. The van der Waals surface area contributed by atoms with Crippen LogP contribution < -0.4 is 30.3 Å². The van der Waals surface area contributed by atoms with Crippen molar-refractivity contribution >= 4 is 52.4 Å². The minimum atomic E-state index is -0.801. The zero-order valence-corrected chi connectivity index (χ0v) is 24.1. The quantitative estimate of drug-likeness (QED) is 0.107. The van der Waals surface area contributed by atoms with Crippen molar-refractivity contribution < 1.29 is 38.3 Å². The summed E-state index contributed by atoms with van der Waals surface area (Å²) in [5, 5.41) is 20.4. The molecule has 212 valence electrons. The summed E-state index contributed by atoms with van der Waals surface area (Å²) in [4.78, 5) is 47.6. The SMILES string of the molecule is CCOC(=O)C1=C(C)NC(=O)N[C@@H]1c1ccc(OCC(=O)N/N=C\c2cc(I)c(OC)c([N+](=O)[O-])c2)c(OC)c1. The molecule has 15 heteroatoms. The van der Waals surface area contributed by atoms with Gasteiger partial charge in [0.2, 0.25) is 5.75 Å². The first-order valence-electron chi connectivity index (χ1n) is 11.7. The van der Waals surface area contributed by atoms with Crippen LogP contribution in [-0.2, 0) is 14.3 Å². The Kier molecular flexibility index (Phi) is 10.2. The third kappa shape index (κ3) is 7.16. The number of halogens is 1. The van der Waals surface area contributed by atoms with Gasteiger partial charge < -0.3 is 29.6 Å². The third-order valence-corrected chi connectivity index (χ3v) is 6.30. The molecule has 1 aliphatic heterocycles. The molecule has 0 aliphatic carbocycles. The lowest BCUT2D eigenvalue weighted by atomic mass is 9.95. The molecular weight excluding hydrogens is 641 g/mol. The number of amides is 3. The van der Waals surface area contributed by atoms with E-state index in [4.69, 9.17) is 18.9 Å². The molecule has 0 bridgehead atoms. The van der Waals surface area contributed by atoms with Gasteiger partial charge in [-0.2, -0.15) is 5.10 Å². The van der Waals surface area contributed by atoms with Crippen LogP contribution in [0.2, 0.25) is 0 Å². The predicted octanol–water partition coefficient (Wildman–Crippen LogP) is 2.94. The molecule has 0 saturated heterocycles. The van der Waals surface area contributed by atoms with Crippen LogP contribution in [0.3, 0.4) is 0 Å². The van der Waals surface area contributed by atoms with Gasteiger partial charge in [0.25, 0.3) is 5.91 Å². The first-order chi connectivity index (χ1) is 19.1. The van der Waals surface area contributed by atoms with Crippen molar-refractivity contribution in [1.29, 1.82) is 0 Å². The van der Waals surface area contributed by atoms with Gasteiger partial charge >= 0.3 is 17.7 Å². The van der Waals surface area contributed by atoms with Gasteiger partial charge in [-0.05, 0) is 60.2 Å². The number of hydrazone groups is 1. The van der Waals surface area contributed by atoms with E-state index in [-0.39, 0.29) is 35.1 Å². The number of methoxy groups -OCH3 is 2. The minimum absolute atomic E-state index is 0.131. The van der Waals surface area contributed by atoms with Crippen molar-refractivity contribution in [3.8, 4) is 17.2 Å². The molecule has 14 nitrogen and oxygen atoms in total. The van der Waals surface area contributed by atoms with Crippen LogP contribution in [0.5, 0.6) is 17.2 Å². The van der Waals surface area contributed by atoms with E-state index in [0.29, 0.717) is 20.4 Å². The normalized spacial score (nSPS) is 14.7. The van der Waals surface area contributed by atoms with E-state index < -0.39 is 35.5 Å². The van der Waals surface area contributed by atoms with E-state index in [1.165, 1.54) is 32.6 Å². The molecule has 3 N–H and O–H groups in total. The molecule has 40 heavy (non-hydrogen) atoms. The molecule has 1 atom stereocenters. The molecule has 0 unspecified atom stereocenters. The second kappa shape index (κ2) is 13.6. The number of carbonyl (C=O) groups is 3. The van der Waals surface area contributed by atoms with E-state index in [9.17, 15) is 24.5 Å². The van der Waals surface area contributed by atoms with Gasteiger partial charge in [-0.25, -0.2) is 15.0 Å².